The summed E-state index contributed by atoms with van der Waals surface area (Å²) >= 11 is 0. The fourth-order valence-electron chi connectivity index (χ4n) is 5.59. The van der Waals surface area contributed by atoms with Crippen LogP contribution in [0.25, 0.3) is 66.6 Å². The molecule has 0 N–H and O–H groups in total. The molecule has 0 spiro atoms. The van der Waals surface area contributed by atoms with E-state index in [1.807, 2.05) is 0 Å². The van der Waals surface area contributed by atoms with Crippen LogP contribution in [0.2, 0.25) is 0 Å². The van der Waals surface area contributed by atoms with E-state index in [0.29, 0.717) is 0 Å². The lowest BCUT2D eigenvalue weighted by Crippen LogP contribution is -1.96. The Balaban J connectivity index is 1.62. The van der Waals surface area contributed by atoms with E-state index in [4.69, 9.17) is 9.97 Å². The average molecular weight is 513 g/mol. The Kier molecular flexibility index (Phi) is 5.94. The lowest BCUT2D eigenvalue weighted by molar-refractivity contribution is 1.35. The first-order valence-electron chi connectivity index (χ1n) is 13.7. The number of nitrogens with zero attached hydrogens (tertiary/aromatic N) is 2. The highest BCUT2D eigenvalue weighted by Gasteiger charge is 2.17. The lowest BCUT2D eigenvalue weighted by Gasteiger charge is -2.15. The van der Waals surface area contributed by atoms with Gasteiger partial charge in [-0.2, -0.15) is 0 Å². The van der Waals surface area contributed by atoms with E-state index in [1.54, 1.807) is 0 Å². The van der Waals surface area contributed by atoms with Gasteiger partial charge in [0.1, 0.15) is 0 Å². The molecule has 0 radical (unpaired) electrons. The van der Waals surface area contributed by atoms with Crippen molar-refractivity contribution in [2.45, 2.75) is 13.8 Å². The van der Waals surface area contributed by atoms with E-state index < -0.39 is 0 Å². The first kappa shape index (κ1) is 24.0. The van der Waals surface area contributed by atoms with Gasteiger partial charge in [-0.05, 0) is 60.4 Å². The van der Waals surface area contributed by atoms with Crippen LogP contribution in [0.5, 0.6) is 0 Å². The molecule has 40 heavy (non-hydrogen) atoms. The molecule has 190 valence electrons. The van der Waals surface area contributed by atoms with E-state index in [0.717, 1.165) is 55.4 Å². The molecule has 0 saturated heterocycles. The molecular formula is C38H28N2. The van der Waals surface area contributed by atoms with Gasteiger partial charge >= 0.3 is 0 Å². The molecule has 2 heteroatoms. The SMILES string of the molecule is Cc1cccc(-c2cc(-c3ccccc3)c3ccc4c(-c5ccccc5)cc(-c5cccc(C)c5)nc4c3n2)c1. The summed E-state index contributed by atoms with van der Waals surface area (Å²) in [5.41, 5.74) is 13.0. The van der Waals surface area contributed by atoms with Gasteiger partial charge in [-0.25, -0.2) is 9.97 Å². The smallest absolute Gasteiger partial charge is 0.0978 e. The molecule has 0 unspecified atom stereocenters. The predicted octanol–water partition coefficient (Wildman–Crippen LogP) is 10.1. The van der Waals surface area contributed by atoms with Crippen LogP contribution in [0.4, 0.5) is 0 Å². The summed E-state index contributed by atoms with van der Waals surface area (Å²) in [5, 5.41) is 2.20. The molecule has 2 aromatic heterocycles. The Hall–Kier alpha value is -5.08. The van der Waals surface area contributed by atoms with Crippen LogP contribution in [0.3, 0.4) is 0 Å². The van der Waals surface area contributed by atoms with Gasteiger partial charge in [0, 0.05) is 21.9 Å². The second-order valence-corrected chi connectivity index (χ2v) is 10.4. The Morgan fingerprint density at radius 2 is 0.775 bits per heavy atom. The van der Waals surface area contributed by atoms with Gasteiger partial charge in [-0.3, -0.25) is 0 Å². The quantitative estimate of drug-likeness (QED) is 0.219. The molecule has 5 aromatic carbocycles. The van der Waals surface area contributed by atoms with Gasteiger partial charge in [-0.15, -0.1) is 0 Å². The zero-order valence-corrected chi connectivity index (χ0v) is 22.6. The standard InChI is InChI=1S/C38H28N2/c1-25-11-9-17-29(21-25)35-23-33(27-13-5-3-6-14-27)31-19-20-32-34(28-15-7-4-8-16-28)24-36(40-38(32)37(31)39-35)30-18-10-12-26(2)22-30/h3-24H,1-2H3. The van der Waals surface area contributed by atoms with Crippen molar-refractivity contribution in [1.82, 2.24) is 9.97 Å². The monoisotopic (exact) mass is 512 g/mol. The first-order valence-corrected chi connectivity index (χ1v) is 13.7. The van der Waals surface area contributed by atoms with Crippen molar-refractivity contribution in [3.63, 3.8) is 0 Å². The maximum atomic E-state index is 5.33. The summed E-state index contributed by atoms with van der Waals surface area (Å²) in [7, 11) is 0. The van der Waals surface area contributed by atoms with Crippen LogP contribution < -0.4 is 0 Å². The van der Waals surface area contributed by atoms with Gasteiger partial charge in [0.25, 0.3) is 0 Å². The van der Waals surface area contributed by atoms with Crippen molar-refractivity contribution in [2.75, 3.05) is 0 Å². The van der Waals surface area contributed by atoms with E-state index in [2.05, 4.69) is 147 Å². The molecule has 0 saturated carbocycles. The third-order valence-electron chi connectivity index (χ3n) is 7.56. The molecule has 0 fully saturated rings. The number of hydrogen-bond acceptors (Lipinski definition) is 2. The minimum absolute atomic E-state index is 0.919. The molecule has 0 aliphatic carbocycles. The third kappa shape index (κ3) is 4.34. The van der Waals surface area contributed by atoms with E-state index in [9.17, 15) is 0 Å². The van der Waals surface area contributed by atoms with Gasteiger partial charge in [-0.1, -0.05) is 120 Å². The zero-order valence-electron chi connectivity index (χ0n) is 22.6. The number of aromatic nitrogens is 2. The Morgan fingerprint density at radius 3 is 1.18 bits per heavy atom. The molecule has 0 bridgehead atoms. The molecule has 0 amide bonds. The van der Waals surface area contributed by atoms with Crippen LogP contribution >= 0.6 is 0 Å². The molecule has 0 atom stereocenters. The summed E-state index contributed by atoms with van der Waals surface area (Å²) in [6.07, 6.45) is 0. The van der Waals surface area contributed by atoms with Crippen molar-refractivity contribution >= 4 is 21.8 Å². The summed E-state index contributed by atoms with van der Waals surface area (Å²) < 4.78 is 0. The fourth-order valence-corrected chi connectivity index (χ4v) is 5.59. The second-order valence-electron chi connectivity index (χ2n) is 10.4. The summed E-state index contributed by atoms with van der Waals surface area (Å²) in [5.74, 6) is 0. The molecule has 2 nitrogen and oxygen atoms in total. The maximum Gasteiger partial charge on any atom is 0.0978 e. The largest absolute Gasteiger partial charge is 0.245 e. The Bertz CT molecular complexity index is 1860. The van der Waals surface area contributed by atoms with E-state index in [-0.39, 0.29) is 0 Å². The van der Waals surface area contributed by atoms with Crippen LogP contribution in [-0.4, -0.2) is 9.97 Å². The van der Waals surface area contributed by atoms with Crippen molar-refractivity contribution in [3.8, 4) is 44.8 Å². The van der Waals surface area contributed by atoms with Crippen molar-refractivity contribution in [1.29, 1.82) is 0 Å². The summed E-state index contributed by atoms with van der Waals surface area (Å²) in [4.78, 5) is 10.7. The number of benzene rings is 5. The molecule has 0 aliphatic rings. The van der Waals surface area contributed by atoms with Crippen LogP contribution in [0, 0.1) is 13.8 Å². The van der Waals surface area contributed by atoms with E-state index >= 15 is 0 Å². The maximum absolute atomic E-state index is 5.33. The van der Waals surface area contributed by atoms with Crippen molar-refractivity contribution in [2.24, 2.45) is 0 Å². The predicted molar refractivity (Wildman–Crippen MR) is 168 cm³/mol. The van der Waals surface area contributed by atoms with Gasteiger partial charge in [0.05, 0.1) is 22.4 Å². The molecule has 0 aliphatic heterocycles. The van der Waals surface area contributed by atoms with E-state index in [1.165, 1.54) is 22.3 Å². The normalized spacial score (nSPS) is 11.2. The zero-order chi connectivity index (χ0) is 27.1. The average Bonchev–Trinajstić information content (AvgIpc) is 3.00. The topological polar surface area (TPSA) is 25.8 Å². The number of pyridine rings is 2. The van der Waals surface area contributed by atoms with Crippen molar-refractivity contribution < 1.29 is 0 Å². The van der Waals surface area contributed by atoms with Gasteiger partial charge in [0.15, 0.2) is 0 Å². The third-order valence-corrected chi connectivity index (χ3v) is 7.56. The molecule has 7 rings (SSSR count). The Morgan fingerprint density at radius 1 is 0.375 bits per heavy atom. The highest BCUT2D eigenvalue weighted by molar-refractivity contribution is 6.13. The highest BCUT2D eigenvalue weighted by atomic mass is 14.8. The van der Waals surface area contributed by atoms with Crippen LogP contribution in [-0.2, 0) is 0 Å². The van der Waals surface area contributed by atoms with Gasteiger partial charge < -0.3 is 0 Å². The second kappa shape index (κ2) is 9.91. The number of aryl methyl sites for hydroxylation is 2. The number of rotatable bonds is 4. The lowest BCUT2D eigenvalue weighted by atomic mass is 9.93. The summed E-state index contributed by atoms with van der Waals surface area (Å²) in [6.45, 7) is 4.25. The Labute approximate surface area is 234 Å². The summed E-state index contributed by atoms with van der Waals surface area (Å²) in [6, 6.07) is 47.2. The molecule has 2 heterocycles. The minimum Gasteiger partial charge on any atom is -0.245 e. The van der Waals surface area contributed by atoms with Crippen LogP contribution in [0.1, 0.15) is 11.1 Å². The fraction of sp³-hybridized carbons (Fsp3) is 0.0526. The number of hydrogen-bond donors (Lipinski definition) is 0. The highest BCUT2D eigenvalue weighted by Crippen LogP contribution is 2.39. The molecule has 7 aromatic rings. The number of fused-ring (bicyclic) bond motifs is 3. The van der Waals surface area contributed by atoms with Crippen molar-refractivity contribution in [3.05, 3.63) is 145 Å². The van der Waals surface area contributed by atoms with Gasteiger partial charge in [0.2, 0.25) is 0 Å². The minimum atomic E-state index is 0.919. The molecular weight excluding hydrogens is 484 g/mol. The first-order chi connectivity index (χ1) is 19.6. The van der Waals surface area contributed by atoms with Crippen LogP contribution in [0.15, 0.2) is 133 Å².